The van der Waals surface area contributed by atoms with Gasteiger partial charge in [-0.05, 0) is 0 Å². The summed E-state index contributed by atoms with van der Waals surface area (Å²) >= 11 is 2.23. The summed E-state index contributed by atoms with van der Waals surface area (Å²) in [6.45, 7) is 6.77. The Labute approximate surface area is 75.0 Å². The van der Waals surface area contributed by atoms with Gasteiger partial charge < -0.3 is 0 Å². The van der Waals surface area contributed by atoms with E-state index in [1.54, 1.807) is 0 Å². The fraction of sp³-hybridized carbons (Fsp3) is 0.500. The van der Waals surface area contributed by atoms with Crippen LogP contribution in [0.1, 0.15) is 0 Å². The zero-order valence-corrected chi connectivity index (χ0v) is 10.5. The molecule has 0 radical (unpaired) electrons. The van der Waals surface area contributed by atoms with E-state index in [0.29, 0.717) is 15.0 Å². The summed E-state index contributed by atoms with van der Waals surface area (Å²) in [5.74, 6) is 0. The third kappa shape index (κ3) is 8.76. The van der Waals surface area contributed by atoms with Gasteiger partial charge >= 0.3 is 75.3 Å². The van der Waals surface area contributed by atoms with Crippen molar-refractivity contribution in [3.8, 4) is 13.5 Å². The number of rotatable bonds is 0. The molecule has 9 heavy (non-hydrogen) atoms. The predicted molar refractivity (Wildman–Crippen MR) is 40.8 cm³/mol. The van der Waals surface area contributed by atoms with Gasteiger partial charge in [0.15, 0.2) is 0 Å². The van der Waals surface area contributed by atoms with Crippen LogP contribution in [0, 0.1) is 13.5 Å². The molecule has 0 aromatic carbocycles. The maximum absolute atomic E-state index is 3.28. The molecule has 0 saturated heterocycles. The summed E-state index contributed by atoms with van der Waals surface area (Å²) < 4.78 is 3.06. The van der Waals surface area contributed by atoms with Crippen molar-refractivity contribution in [2.24, 2.45) is 0 Å². The molecule has 0 saturated carbocycles. The Morgan fingerprint density at radius 3 is 2.22 bits per heavy atom. The standard InChI is InChI=1S/C6H9SeSi.Mo/c1-7-5-6-8(2,3)4;/h2-4H3;/q;+1. The second-order valence-electron chi connectivity index (χ2n) is 2.66. The van der Waals surface area contributed by atoms with Gasteiger partial charge in [-0.2, -0.15) is 0 Å². The molecule has 0 N–H and O–H groups in total. The predicted octanol–water partition coefficient (Wildman–Crippen LogP) is 0.992. The van der Waals surface area contributed by atoms with Crippen LogP contribution >= 0.6 is 0 Å². The SMILES string of the molecule is C[Si](C)(C)C#C[Se][C]#[Mo+]. The van der Waals surface area contributed by atoms with Crippen molar-refractivity contribution in [3.63, 3.8) is 0 Å². The molecule has 0 aromatic heterocycles. The summed E-state index contributed by atoms with van der Waals surface area (Å²) in [4.78, 5) is 3.14. The molecule has 0 rings (SSSR count). The summed E-state index contributed by atoms with van der Waals surface area (Å²) in [5.41, 5.74) is 3.28. The van der Waals surface area contributed by atoms with Crippen molar-refractivity contribution >= 4 is 23.0 Å². The van der Waals surface area contributed by atoms with Gasteiger partial charge in [-0.15, -0.1) is 0 Å². The van der Waals surface area contributed by atoms with Gasteiger partial charge in [0.05, 0.1) is 0 Å². The van der Waals surface area contributed by atoms with Crippen molar-refractivity contribution < 1.29 is 19.2 Å². The van der Waals surface area contributed by atoms with E-state index in [0.717, 1.165) is 0 Å². The summed E-state index contributed by atoms with van der Waals surface area (Å²) in [6.07, 6.45) is 0. The van der Waals surface area contributed by atoms with Gasteiger partial charge in [0.2, 0.25) is 0 Å². The average molecular weight is 284 g/mol. The van der Waals surface area contributed by atoms with Crippen LogP contribution in [0.4, 0.5) is 0 Å². The van der Waals surface area contributed by atoms with E-state index >= 15 is 0 Å². The van der Waals surface area contributed by atoms with Crippen LogP contribution < -0.4 is 0 Å². The molecule has 3 heteroatoms. The van der Waals surface area contributed by atoms with Gasteiger partial charge in [0.1, 0.15) is 0 Å². The van der Waals surface area contributed by atoms with Crippen LogP contribution in [-0.2, 0) is 19.2 Å². The molecule has 0 atom stereocenters. The fourth-order valence-electron chi connectivity index (χ4n) is 0.199. The van der Waals surface area contributed by atoms with Crippen LogP contribution in [0.2, 0.25) is 19.6 Å². The van der Waals surface area contributed by atoms with E-state index in [-0.39, 0.29) is 0 Å². The summed E-state index contributed by atoms with van der Waals surface area (Å²) in [7, 11) is -1.08. The average Bonchev–Trinajstić information content (AvgIpc) is 1.63. The molecule has 0 aliphatic carbocycles. The number of hydrogen-bond donors (Lipinski definition) is 0. The Balaban J connectivity index is 3.77. The molecule has 0 heterocycles. The molecule has 48 valence electrons. The van der Waals surface area contributed by atoms with Crippen LogP contribution in [0.15, 0.2) is 0 Å². The summed E-state index contributed by atoms with van der Waals surface area (Å²) in [6, 6.07) is 0. The molecule has 0 fully saturated rings. The Morgan fingerprint density at radius 2 is 1.89 bits per heavy atom. The first kappa shape index (κ1) is 9.76. The van der Waals surface area contributed by atoms with E-state index < -0.39 is 8.07 Å². The minimum absolute atomic E-state index is 0.352. The molecule has 0 aromatic rings. The quantitative estimate of drug-likeness (QED) is 0.460. The van der Waals surface area contributed by atoms with Crippen molar-refractivity contribution in [2.75, 3.05) is 0 Å². The monoisotopic (exact) mass is 287 g/mol. The molecule has 0 aliphatic heterocycles. The first-order chi connectivity index (χ1) is 4.06. The van der Waals surface area contributed by atoms with Crippen LogP contribution in [-0.4, -0.2) is 23.0 Å². The van der Waals surface area contributed by atoms with Crippen molar-refractivity contribution in [1.29, 1.82) is 0 Å². The molecule has 0 aliphatic rings. The van der Waals surface area contributed by atoms with Gasteiger partial charge in [-0.1, -0.05) is 0 Å². The van der Waals surface area contributed by atoms with Crippen molar-refractivity contribution in [3.05, 3.63) is 0 Å². The normalized spacial score (nSPS) is 9.11. The van der Waals surface area contributed by atoms with E-state index in [1.165, 1.54) is 0 Å². The van der Waals surface area contributed by atoms with Gasteiger partial charge in [-0.3, -0.25) is 0 Å². The minimum atomic E-state index is -1.08. The maximum atomic E-state index is 3.28. The second kappa shape index (κ2) is 4.56. The molecular formula is C6H9MoSeSi+. The Hall–Kier alpha value is 0.765. The molecule has 0 nitrogen and oxygen atoms in total. The van der Waals surface area contributed by atoms with Crippen LogP contribution in [0.5, 0.6) is 0 Å². The molecule has 0 unspecified atom stereocenters. The fourth-order valence-corrected chi connectivity index (χ4v) is 3.42. The van der Waals surface area contributed by atoms with E-state index in [1.807, 2.05) is 19.2 Å². The van der Waals surface area contributed by atoms with Gasteiger partial charge in [-0.25, -0.2) is 0 Å². The van der Waals surface area contributed by atoms with Crippen LogP contribution in [0.3, 0.4) is 0 Å². The van der Waals surface area contributed by atoms with Crippen molar-refractivity contribution in [2.45, 2.75) is 19.6 Å². The van der Waals surface area contributed by atoms with E-state index in [4.69, 9.17) is 0 Å². The molecule has 0 spiro atoms. The Kier molecular flexibility index (Phi) is 4.95. The van der Waals surface area contributed by atoms with Gasteiger partial charge in [0, 0.05) is 0 Å². The second-order valence-corrected chi connectivity index (χ2v) is 10.7. The van der Waals surface area contributed by atoms with Crippen LogP contribution in [0.25, 0.3) is 0 Å². The topological polar surface area (TPSA) is 0 Å². The molecular weight excluding hydrogens is 275 g/mol. The van der Waals surface area contributed by atoms with E-state index in [9.17, 15) is 0 Å². The molecule has 0 amide bonds. The Bertz CT molecular complexity index is 176. The van der Waals surface area contributed by atoms with Crippen molar-refractivity contribution in [1.82, 2.24) is 0 Å². The zero-order chi connectivity index (χ0) is 7.33. The van der Waals surface area contributed by atoms with E-state index in [2.05, 4.69) is 33.1 Å². The zero-order valence-electron chi connectivity index (χ0n) is 5.82. The van der Waals surface area contributed by atoms with Gasteiger partial charge in [0.25, 0.3) is 0 Å². The molecule has 0 bridgehead atoms. The number of hydrogen-bond acceptors (Lipinski definition) is 0. The first-order valence-electron chi connectivity index (χ1n) is 2.61. The third-order valence-corrected chi connectivity index (χ3v) is 3.47. The third-order valence-electron chi connectivity index (χ3n) is 0.519. The summed E-state index contributed by atoms with van der Waals surface area (Å²) in [5, 5.41) is 0. The first-order valence-corrected chi connectivity index (χ1v) is 8.83. The Morgan fingerprint density at radius 1 is 1.33 bits per heavy atom.